The second-order valence-corrected chi connectivity index (χ2v) is 8.32. The molecular weight excluding hydrogens is 432 g/mol. The molecule has 178 valence electrons. The summed E-state index contributed by atoms with van der Waals surface area (Å²) in [5.74, 6) is 0.509. The molecule has 1 aromatic heterocycles. The molecule has 34 heavy (non-hydrogen) atoms. The van der Waals surface area contributed by atoms with Crippen molar-refractivity contribution in [2.24, 2.45) is 0 Å². The van der Waals surface area contributed by atoms with Crippen LogP contribution in [0.2, 0.25) is 0 Å². The van der Waals surface area contributed by atoms with Crippen molar-refractivity contribution < 1.29 is 19.1 Å². The van der Waals surface area contributed by atoms with E-state index in [4.69, 9.17) is 9.47 Å². The van der Waals surface area contributed by atoms with Crippen molar-refractivity contribution in [3.05, 3.63) is 65.4 Å². The second kappa shape index (κ2) is 11.1. The Labute approximate surface area is 199 Å². The maximum Gasteiger partial charge on any atom is 0.253 e. The highest BCUT2D eigenvalue weighted by atomic mass is 16.5. The Morgan fingerprint density at radius 3 is 2.74 bits per heavy atom. The van der Waals surface area contributed by atoms with Crippen molar-refractivity contribution in [3.63, 3.8) is 0 Å². The fraction of sp³-hybridized carbons (Fsp3) is 0.346. The zero-order valence-corrected chi connectivity index (χ0v) is 19.6. The number of nitrogens with one attached hydrogen (secondary N) is 2. The summed E-state index contributed by atoms with van der Waals surface area (Å²) < 4.78 is 10.6. The maximum absolute atomic E-state index is 12.8. The van der Waals surface area contributed by atoms with Gasteiger partial charge in [-0.1, -0.05) is 12.1 Å². The minimum absolute atomic E-state index is 0.0258. The normalized spacial score (nSPS) is 14.1. The first kappa shape index (κ1) is 23.7. The summed E-state index contributed by atoms with van der Waals surface area (Å²) in [5.41, 5.74) is 3.59. The number of fused-ring (bicyclic) bond motifs is 1. The van der Waals surface area contributed by atoms with Gasteiger partial charge in [0.25, 0.3) is 5.91 Å². The summed E-state index contributed by atoms with van der Waals surface area (Å²) >= 11 is 0. The van der Waals surface area contributed by atoms with Crippen LogP contribution in [0.1, 0.15) is 28.0 Å². The fourth-order valence-electron chi connectivity index (χ4n) is 3.94. The van der Waals surface area contributed by atoms with Gasteiger partial charge < -0.3 is 20.1 Å². The molecule has 0 saturated carbocycles. The van der Waals surface area contributed by atoms with Gasteiger partial charge in [0.05, 0.1) is 37.1 Å². The first-order valence-electron chi connectivity index (χ1n) is 11.4. The Hall–Kier alpha value is -3.49. The number of morpholine rings is 1. The molecule has 4 rings (SSSR count). The van der Waals surface area contributed by atoms with E-state index >= 15 is 0 Å². The highest BCUT2D eigenvalue weighted by Gasteiger charge is 2.14. The zero-order valence-electron chi connectivity index (χ0n) is 19.6. The molecule has 2 aromatic carbocycles. The van der Waals surface area contributed by atoms with Gasteiger partial charge in [-0.25, -0.2) is 0 Å². The molecule has 0 spiro atoms. The first-order valence-corrected chi connectivity index (χ1v) is 11.4. The molecule has 0 atom stereocenters. The molecule has 0 unspecified atom stereocenters. The molecular formula is C26H30N4O4. The van der Waals surface area contributed by atoms with Crippen LogP contribution in [0.25, 0.3) is 10.9 Å². The summed E-state index contributed by atoms with van der Waals surface area (Å²) in [6, 6.07) is 15.0. The van der Waals surface area contributed by atoms with Gasteiger partial charge in [0.2, 0.25) is 5.91 Å². The molecule has 1 aliphatic rings. The SMILES string of the molecule is COc1ccc2cc(C(=O)NCc3cccc(NC(=O)CCN4CCOCC4)c3)c(C)nc2c1. The van der Waals surface area contributed by atoms with E-state index in [1.807, 2.05) is 55.5 Å². The van der Waals surface area contributed by atoms with E-state index in [1.54, 1.807) is 7.11 Å². The third-order valence-corrected chi connectivity index (χ3v) is 5.88. The number of ether oxygens (including phenoxy) is 2. The van der Waals surface area contributed by atoms with E-state index < -0.39 is 0 Å². The molecule has 1 aliphatic heterocycles. The number of anilines is 1. The number of hydrogen-bond acceptors (Lipinski definition) is 6. The molecule has 2 amide bonds. The Morgan fingerprint density at radius 1 is 1.12 bits per heavy atom. The van der Waals surface area contributed by atoms with Crippen LogP contribution in [0.4, 0.5) is 5.69 Å². The molecule has 0 bridgehead atoms. The largest absolute Gasteiger partial charge is 0.497 e. The number of aryl methyl sites for hydroxylation is 1. The molecule has 0 radical (unpaired) electrons. The molecule has 1 fully saturated rings. The molecule has 0 aliphatic carbocycles. The molecule has 3 aromatic rings. The monoisotopic (exact) mass is 462 g/mol. The van der Waals surface area contributed by atoms with Crippen LogP contribution in [0.3, 0.4) is 0 Å². The number of methoxy groups -OCH3 is 1. The van der Waals surface area contributed by atoms with Gasteiger partial charge in [0, 0.05) is 49.7 Å². The highest BCUT2D eigenvalue weighted by molar-refractivity contribution is 5.98. The van der Waals surface area contributed by atoms with Gasteiger partial charge >= 0.3 is 0 Å². The summed E-state index contributed by atoms with van der Waals surface area (Å²) in [4.78, 5) is 32.0. The number of benzene rings is 2. The summed E-state index contributed by atoms with van der Waals surface area (Å²) in [5, 5.41) is 6.78. The van der Waals surface area contributed by atoms with Gasteiger partial charge in [-0.2, -0.15) is 0 Å². The predicted molar refractivity (Wildman–Crippen MR) is 131 cm³/mol. The Morgan fingerprint density at radius 2 is 1.94 bits per heavy atom. The van der Waals surface area contributed by atoms with Crippen LogP contribution in [0, 0.1) is 6.92 Å². The van der Waals surface area contributed by atoms with Crippen LogP contribution in [-0.2, 0) is 16.1 Å². The average Bonchev–Trinajstić information content (AvgIpc) is 2.86. The highest BCUT2D eigenvalue weighted by Crippen LogP contribution is 2.22. The Balaban J connectivity index is 1.33. The number of pyridine rings is 1. The van der Waals surface area contributed by atoms with E-state index in [0.29, 0.717) is 24.2 Å². The number of amides is 2. The smallest absolute Gasteiger partial charge is 0.253 e. The van der Waals surface area contributed by atoms with E-state index in [-0.39, 0.29) is 11.8 Å². The van der Waals surface area contributed by atoms with E-state index in [9.17, 15) is 9.59 Å². The van der Waals surface area contributed by atoms with Crippen LogP contribution < -0.4 is 15.4 Å². The maximum atomic E-state index is 12.8. The lowest BCUT2D eigenvalue weighted by Crippen LogP contribution is -2.38. The van der Waals surface area contributed by atoms with Crippen molar-refractivity contribution in [2.45, 2.75) is 19.9 Å². The number of aromatic nitrogens is 1. The number of carbonyl (C=O) groups is 2. The van der Waals surface area contributed by atoms with Gasteiger partial charge in [-0.3, -0.25) is 19.5 Å². The standard InChI is InChI=1S/C26H30N4O4/c1-18-23(15-20-6-7-22(33-2)16-24(20)28-18)26(32)27-17-19-4-3-5-21(14-19)29-25(31)8-9-30-10-12-34-13-11-30/h3-7,14-16H,8-13,17H2,1-2H3,(H,27,32)(H,29,31). The summed E-state index contributed by atoms with van der Waals surface area (Å²) in [6.07, 6.45) is 0.432. The third kappa shape index (κ3) is 6.09. The van der Waals surface area contributed by atoms with E-state index in [0.717, 1.165) is 60.8 Å². The first-order chi connectivity index (χ1) is 16.5. The van der Waals surface area contributed by atoms with Crippen LogP contribution in [-0.4, -0.2) is 61.7 Å². The number of nitrogens with zero attached hydrogens (tertiary/aromatic N) is 2. The predicted octanol–water partition coefficient (Wildman–Crippen LogP) is 3.14. The van der Waals surface area contributed by atoms with Crippen LogP contribution in [0.5, 0.6) is 5.75 Å². The second-order valence-electron chi connectivity index (χ2n) is 8.32. The summed E-state index contributed by atoms with van der Waals surface area (Å²) in [7, 11) is 1.61. The third-order valence-electron chi connectivity index (χ3n) is 5.88. The van der Waals surface area contributed by atoms with Crippen molar-refractivity contribution in [1.29, 1.82) is 0 Å². The molecule has 2 heterocycles. The quantitative estimate of drug-likeness (QED) is 0.534. The average molecular weight is 463 g/mol. The van der Waals surface area contributed by atoms with Gasteiger partial charge in [0.15, 0.2) is 0 Å². The van der Waals surface area contributed by atoms with E-state index in [1.165, 1.54) is 0 Å². The van der Waals surface area contributed by atoms with Crippen molar-refractivity contribution >= 4 is 28.4 Å². The zero-order chi connectivity index (χ0) is 23.9. The molecule has 8 nitrogen and oxygen atoms in total. The number of rotatable bonds is 8. The minimum Gasteiger partial charge on any atom is -0.497 e. The number of carbonyl (C=O) groups excluding carboxylic acids is 2. The Bertz CT molecular complexity index is 1170. The number of hydrogen-bond donors (Lipinski definition) is 2. The van der Waals surface area contributed by atoms with Crippen molar-refractivity contribution in [3.8, 4) is 5.75 Å². The van der Waals surface area contributed by atoms with Crippen LogP contribution in [0.15, 0.2) is 48.5 Å². The van der Waals surface area contributed by atoms with Gasteiger partial charge in [0.1, 0.15) is 5.75 Å². The van der Waals surface area contributed by atoms with Crippen LogP contribution >= 0.6 is 0 Å². The lowest BCUT2D eigenvalue weighted by Gasteiger charge is -2.26. The molecule has 1 saturated heterocycles. The van der Waals surface area contributed by atoms with Crippen molar-refractivity contribution in [1.82, 2.24) is 15.2 Å². The molecule has 2 N–H and O–H groups in total. The lowest BCUT2D eigenvalue weighted by molar-refractivity contribution is -0.116. The molecule has 8 heteroatoms. The van der Waals surface area contributed by atoms with Gasteiger partial charge in [-0.15, -0.1) is 0 Å². The van der Waals surface area contributed by atoms with Gasteiger partial charge in [-0.05, 0) is 42.8 Å². The lowest BCUT2D eigenvalue weighted by atomic mass is 10.1. The minimum atomic E-state index is -0.192. The van der Waals surface area contributed by atoms with Crippen molar-refractivity contribution in [2.75, 3.05) is 45.3 Å². The fourth-order valence-corrected chi connectivity index (χ4v) is 3.94. The topological polar surface area (TPSA) is 92.8 Å². The van der Waals surface area contributed by atoms with E-state index in [2.05, 4.69) is 20.5 Å². The Kier molecular flexibility index (Phi) is 7.72. The summed E-state index contributed by atoms with van der Waals surface area (Å²) in [6.45, 7) is 6.05.